The van der Waals surface area contributed by atoms with Crippen LogP contribution in [0, 0.1) is 0 Å². The third-order valence-electron chi connectivity index (χ3n) is 3.29. The van der Waals surface area contributed by atoms with E-state index in [2.05, 4.69) is 13.2 Å². The summed E-state index contributed by atoms with van der Waals surface area (Å²) in [4.78, 5) is 14.5. The highest BCUT2D eigenvalue weighted by Gasteiger charge is 2.41. The van der Waals surface area contributed by atoms with Crippen molar-refractivity contribution in [3.8, 4) is 0 Å². The number of rotatable bonds is 4. The maximum Gasteiger partial charge on any atom is 0.182 e. The molecular formula is C16H17NO. The molecule has 2 nitrogen and oxygen atoms in total. The average Bonchev–Trinajstić information content (AvgIpc) is 2.50. The van der Waals surface area contributed by atoms with Crippen LogP contribution >= 0.6 is 0 Å². The summed E-state index contributed by atoms with van der Waals surface area (Å²) in [6.45, 7) is 7.57. The molecule has 2 heteroatoms. The Balaban J connectivity index is 2.54. The number of ketones is 1. The van der Waals surface area contributed by atoms with Crippen molar-refractivity contribution in [2.24, 2.45) is 0 Å². The van der Waals surface area contributed by atoms with Gasteiger partial charge in [-0.2, -0.15) is 0 Å². The molecule has 0 aromatic heterocycles. The topological polar surface area (TPSA) is 20.3 Å². The summed E-state index contributed by atoms with van der Waals surface area (Å²) in [5.41, 5.74) is 0.396. The van der Waals surface area contributed by atoms with Gasteiger partial charge in [-0.25, -0.2) is 0 Å². The Labute approximate surface area is 108 Å². The predicted octanol–water partition coefficient (Wildman–Crippen LogP) is 3.29. The van der Waals surface area contributed by atoms with Crippen LogP contribution in [-0.4, -0.2) is 16.2 Å². The van der Waals surface area contributed by atoms with Crippen molar-refractivity contribution in [1.29, 1.82) is 0 Å². The Kier molecular flexibility index (Phi) is 3.47. The van der Waals surface area contributed by atoms with Crippen LogP contribution in [0.3, 0.4) is 0 Å². The van der Waals surface area contributed by atoms with Crippen LogP contribution in [0.5, 0.6) is 0 Å². The highest BCUT2D eigenvalue weighted by atomic mass is 16.1. The van der Waals surface area contributed by atoms with Crippen LogP contribution in [0.25, 0.3) is 0 Å². The van der Waals surface area contributed by atoms with Gasteiger partial charge in [-0.3, -0.25) is 4.79 Å². The van der Waals surface area contributed by atoms with Gasteiger partial charge in [0.05, 0.1) is 0 Å². The second-order valence-corrected chi connectivity index (χ2v) is 4.40. The molecule has 0 unspecified atom stereocenters. The molecule has 0 aromatic rings. The molecule has 0 aliphatic carbocycles. The third kappa shape index (κ3) is 1.90. The first-order valence-corrected chi connectivity index (χ1v) is 6.03. The minimum Gasteiger partial charge on any atom is -0.334 e. The minimum absolute atomic E-state index is 0.0912. The monoisotopic (exact) mass is 239 g/mol. The van der Waals surface area contributed by atoms with Crippen LogP contribution in [0.15, 0.2) is 73.7 Å². The molecular weight excluding hydrogens is 222 g/mol. The van der Waals surface area contributed by atoms with Crippen molar-refractivity contribution >= 4 is 5.78 Å². The van der Waals surface area contributed by atoms with E-state index in [4.69, 9.17) is 0 Å². The number of nitrogens with zero attached hydrogens (tertiary/aromatic N) is 1. The van der Waals surface area contributed by atoms with Crippen molar-refractivity contribution in [2.45, 2.75) is 18.4 Å². The molecule has 0 radical (unpaired) electrons. The van der Waals surface area contributed by atoms with E-state index in [1.807, 2.05) is 41.5 Å². The highest BCUT2D eigenvalue weighted by molar-refractivity contribution is 5.99. The van der Waals surface area contributed by atoms with Gasteiger partial charge in [0.15, 0.2) is 5.78 Å². The molecule has 2 heterocycles. The van der Waals surface area contributed by atoms with Gasteiger partial charge in [0, 0.05) is 11.9 Å². The molecule has 0 bridgehead atoms. The Hall–Kier alpha value is -2.09. The third-order valence-corrected chi connectivity index (χ3v) is 3.29. The molecule has 0 fully saturated rings. The lowest BCUT2D eigenvalue weighted by Gasteiger charge is -2.41. The van der Waals surface area contributed by atoms with Crippen molar-refractivity contribution in [2.75, 3.05) is 0 Å². The average molecular weight is 239 g/mol. The lowest BCUT2D eigenvalue weighted by Crippen LogP contribution is -2.50. The summed E-state index contributed by atoms with van der Waals surface area (Å²) in [6.07, 6.45) is 18.0. The lowest BCUT2D eigenvalue weighted by molar-refractivity contribution is -0.123. The first kappa shape index (κ1) is 12.4. The Bertz CT molecular complexity index is 481. The van der Waals surface area contributed by atoms with Gasteiger partial charge in [-0.15, -0.1) is 13.2 Å². The summed E-state index contributed by atoms with van der Waals surface area (Å²) in [6, 6.07) is 0. The molecule has 0 spiro atoms. The Morgan fingerprint density at radius 3 is 2.50 bits per heavy atom. The van der Waals surface area contributed by atoms with E-state index in [1.165, 1.54) is 0 Å². The summed E-state index contributed by atoms with van der Waals surface area (Å²) in [7, 11) is 0. The van der Waals surface area contributed by atoms with Crippen LogP contribution in [-0.2, 0) is 4.79 Å². The summed E-state index contributed by atoms with van der Waals surface area (Å²) in [5, 5.41) is 0. The lowest BCUT2D eigenvalue weighted by atomic mass is 9.84. The van der Waals surface area contributed by atoms with Gasteiger partial charge in [-0.05, 0) is 37.1 Å². The van der Waals surface area contributed by atoms with Gasteiger partial charge >= 0.3 is 0 Å². The van der Waals surface area contributed by atoms with Gasteiger partial charge < -0.3 is 4.90 Å². The number of hydrogen-bond acceptors (Lipinski definition) is 2. The zero-order valence-corrected chi connectivity index (χ0v) is 10.4. The molecule has 0 atom stereocenters. The smallest absolute Gasteiger partial charge is 0.182 e. The zero-order chi connectivity index (χ0) is 13.0. The first-order chi connectivity index (χ1) is 8.74. The van der Waals surface area contributed by atoms with Crippen LogP contribution in [0.1, 0.15) is 12.8 Å². The largest absolute Gasteiger partial charge is 0.334 e. The van der Waals surface area contributed by atoms with E-state index in [9.17, 15) is 4.79 Å². The SMILES string of the molecule is C=CCC1(CC=C)C(=O)C=CC=C2C=CC=CN21. The second-order valence-electron chi connectivity index (χ2n) is 4.40. The van der Waals surface area contributed by atoms with Gasteiger partial charge in [-0.1, -0.05) is 24.3 Å². The van der Waals surface area contributed by atoms with E-state index in [1.54, 1.807) is 18.2 Å². The number of carbonyl (C=O) groups excluding carboxylic acids is 1. The summed E-state index contributed by atoms with van der Waals surface area (Å²) < 4.78 is 0. The van der Waals surface area contributed by atoms with Crippen LogP contribution in [0.4, 0.5) is 0 Å². The fraction of sp³-hybridized carbons (Fsp3) is 0.188. The Morgan fingerprint density at radius 1 is 1.11 bits per heavy atom. The van der Waals surface area contributed by atoms with Gasteiger partial charge in [0.2, 0.25) is 0 Å². The summed E-state index contributed by atoms with van der Waals surface area (Å²) in [5.74, 6) is 0.0912. The highest BCUT2D eigenvalue weighted by Crippen LogP contribution is 2.34. The number of carbonyl (C=O) groups is 1. The maximum atomic E-state index is 12.5. The molecule has 0 amide bonds. The molecule has 92 valence electrons. The fourth-order valence-corrected chi connectivity index (χ4v) is 2.45. The quantitative estimate of drug-likeness (QED) is 0.702. The fourth-order valence-electron chi connectivity index (χ4n) is 2.45. The van der Waals surface area contributed by atoms with Crippen molar-refractivity contribution < 1.29 is 4.79 Å². The van der Waals surface area contributed by atoms with E-state index >= 15 is 0 Å². The Morgan fingerprint density at radius 2 is 1.83 bits per heavy atom. The number of fused-ring (bicyclic) bond motifs is 1. The van der Waals surface area contributed by atoms with Crippen molar-refractivity contribution in [3.63, 3.8) is 0 Å². The molecule has 0 saturated carbocycles. The number of allylic oxidation sites excluding steroid dienone is 5. The molecule has 0 N–H and O–H groups in total. The summed E-state index contributed by atoms with van der Waals surface area (Å²) >= 11 is 0. The van der Waals surface area contributed by atoms with E-state index in [0.29, 0.717) is 12.8 Å². The van der Waals surface area contributed by atoms with E-state index in [-0.39, 0.29) is 5.78 Å². The van der Waals surface area contributed by atoms with Gasteiger partial charge in [0.25, 0.3) is 0 Å². The molecule has 18 heavy (non-hydrogen) atoms. The van der Waals surface area contributed by atoms with Crippen molar-refractivity contribution in [1.82, 2.24) is 4.90 Å². The minimum atomic E-state index is -0.621. The van der Waals surface area contributed by atoms with Crippen molar-refractivity contribution in [3.05, 3.63) is 73.7 Å². The first-order valence-electron chi connectivity index (χ1n) is 6.03. The predicted molar refractivity (Wildman–Crippen MR) is 74.7 cm³/mol. The maximum absolute atomic E-state index is 12.5. The zero-order valence-electron chi connectivity index (χ0n) is 10.4. The normalized spacial score (nSPS) is 20.1. The number of hydrogen-bond donors (Lipinski definition) is 0. The van der Waals surface area contributed by atoms with Crippen LogP contribution < -0.4 is 0 Å². The molecule has 0 saturated heterocycles. The van der Waals surface area contributed by atoms with E-state index < -0.39 is 5.54 Å². The van der Waals surface area contributed by atoms with E-state index in [0.717, 1.165) is 5.70 Å². The molecule has 2 rings (SSSR count). The van der Waals surface area contributed by atoms with Gasteiger partial charge in [0.1, 0.15) is 5.54 Å². The van der Waals surface area contributed by atoms with Crippen LogP contribution in [0.2, 0.25) is 0 Å². The molecule has 0 aromatic carbocycles. The standard InChI is InChI=1S/C16H17NO/c1-3-11-16(12-4-2)15(18)10-7-9-14-8-5-6-13-17(14)16/h3-10,13H,1-2,11-12H2. The molecule has 2 aliphatic heterocycles. The second kappa shape index (κ2) is 5.05. The molecule has 2 aliphatic rings.